The van der Waals surface area contributed by atoms with Gasteiger partial charge in [-0.2, -0.15) is 0 Å². The topological polar surface area (TPSA) is 92.7 Å². The molecule has 3 fully saturated rings. The summed E-state index contributed by atoms with van der Waals surface area (Å²) in [5, 5.41) is 11.5. The van der Waals surface area contributed by atoms with E-state index in [1.54, 1.807) is 12.1 Å². The van der Waals surface area contributed by atoms with Gasteiger partial charge < -0.3 is 4.74 Å². The Balaban J connectivity index is 1.27. The molecular weight excluding hydrogens is 711 g/mol. The third kappa shape index (κ3) is 12.5. The number of methoxy groups -OCH3 is 1. The number of aliphatic hydroxyl groups excluding tert-OH is 1. The standard InChI is InChI=1S/C39H51ClO8Se/c1-43-39(42)36(49-31-15-4-2-5-16-31)18-7-3-6-17-32-33(22-21-29(41)27-46-30-14-12-13-28(40)25-30)35(48-38-20-9-11-24-45-38)26-34(32)47-37-19-8-10-23-44-37/h2-6,12-16,21-22,25,29,32-38,41H,7-11,17-20,23-24,26-27H2,1H3/b6-3-,22-21+/t29-,32-,33-,34+,35-,36?,37?,38?/m1/s1. The van der Waals surface area contributed by atoms with Crippen LogP contribution in [0.25, 0.3) is 0 Å². The second kappa shape index (κ2) is 20.6. The van der Waals surface area contributed by atoms with Gasteiger partial charge in [-0.25, -0.2) is 0 Å². The molecule has 2 aliphatic heterocycles. The number of hydrogen-bond acceptors (Lipinski definition) is 8. The molecule has 0 bridgehead atoms. The van der Waals surface area contributed by atoms with Crippen LogP contribution in [0.4, 0.5) is 0 Å². The number of carbonyl (C=O) groups is 1. The van der Waals surface area contributed by atoms with Crippen LogP contribution in [0.1, 0.15) is 64.2 Å². The van der Waals surface area contributed by atoms with E-state index in [4.69, 9.17) is 40.0 Å². The SMILES string of the molecule is COC(=O)C(CC/C=C\C[C@@H]1[C@@H](/C=C/[C@@H](O)COc2cccc(Cl)c2)[C@H](OC2CCCCO2)C[C@@H]1OC1CCCCO1)[Se]c1ccccc1. The van der Waals surface area contributed by atoms with E-state index in [1.807, 2.05) is 36.4 Å². The number of esters is 1. The van der Waals surface area contributed by atoms with Crippen LogP contribution < -0.4 is 9.20 Å². The van der Waals surface area contributed by atoms with Crippen molar-refractivity contribution >= 4 is 37.0 Å². The molecule has 0 amide bonds. The summed E-state index contributed by atoms with van der Waals surface area (Å²) in [5.74, 6) is 0.535. The molecule has 2 saturated heterocycles. The van der Waals surface area contributed by atoms with Gasteiger partial charge in [-0.3, -0.25) is 0 Å². The molecular formula is C39H51ClO8Se. The van der Waals surface area contributed by atoms with E-state index >= 15 is 0 Å². The fourth-order valence-corrected chi connectivity index (χ4v) is 9.14. The van der Waals surface area contributed by atoms with Crippen LogP contribution in [0.3, 0.4) is 0 Å². The van der Waals surface area contributed by atoms with E-state index in [0.717, 1.165) is 57.8 Å². The molecule has 2 heterocycles. The summed E-state index contributed by atoms with van der Waals surface area (Å²) in [4.78, 5) is 12.5. The van der Waals surface area contributed by atoms with Crippen molar-refractivity contribution in [1.82, 2.24) is 0 Å². The van der Waals surface area contributed by atoms with Crippen molar-refractivity contribution in [2.45, 2.75) is 99.9 Å². The first-order valence-electron chi connectivity index (χ1n) is 17.7. The van der Waals surface area contributed by atoms with Gasteiger partial charge in [0, 0.05) is 11.6 Å². The van der Waals surface area contributed by atoms with E-state index < -0.39 is 6.10 Å². The molecule has 0 spiro atoms. The van der Waals surface area contributed by atoms with E-state index in [0.29, 0.717) is 30.4 Å². The molecule has 5 rings (SSSR count). The number of ether oxygens (including phenoxy) is 6. The van der Waals surface area contributed by atoms with Crippen LogP contribution in [-0.2, 0) is 28.5 Å². The molecule has 1 saturated carbocycles. The molecule has 0 radical (unpaired) electrons. The summed E-state index contributed by atoms with van der Waals surface area (Å²) in [6.45, 7) is 1.52. The Morgan fingerprint density at radius 2 is 1.71 bits per heavy atom. The van der Waals surface area contributed by atoms with Crippen LogP contribution in [0.15, 0.2) is 78.9 Å². The first kappa shape index (κ1) is 38.0. The van der Waals surface area contributed by atoms with Crippen molar-refractivity contribution in [3.05, 3.63) is 83.9 Å². The second-order valence-electron chi connectivity index (χ2n) is 12.9. The van der Waals surface area contributed by atoms with E-state index in [2.05, 4.69) is 30.4 Å². The molecule has 3 unspecified atom stereocenters. The molecule has 3 aliphatic rings. The van der Waals surface area contributed by atoms with E-state index in [1.165, 1.54) is 11.6 Å². The Morgan fingerprint density at radius 1 is 0.980 bits per heavy atom. The Morgan fingerprint density at radius 3 is 2.39 bits per heavy atom. The van der Waals surface area contributed by atoms with Gasteiger partial charge in [-0.05, 0) is 37.5 Å². The number of carbonyl (C=O) groups excluding carboxylic acids is 1. The molecule has 49 heavy (non-hydrogen) atoms. The number of halogens is 1. The fourth-order valence-electron chi connectivity index (χ4n) is 6.68. The second-order valence-corrected chi connectivity index (χ2v) is 16.0. The van der Waals surface area contributed by atoms with Gasteiger partial charge in [0.1, 0.15) is 5.75 Å². The zero-order valence-corrected chi connectivity index (χ0v) is 30.9. The maximum atomic E-state index is 12.6. The van der Waals surface area contributed by atoms with Gasteiger partial charge in [0.05, 0.1) is 0 Å². The van der Waals surface area contributed by atoms with Gasteiger partial charge in [-0.15, -0.1) is 0 Å². The molecule has 2 aromatic rings. The van der Waals surface area contributed by atoms with Crippen molar-refractivity contribution in [2.75, 3.05) is 26.9 Å². The van der Waals surface area contributed by atoms with Crippen LogP contribution in [-0.4, -0.2) is 83.9 Å². The molecule has 8 nitrogen and oxygen atoms in total. The predicted molar refractivity (Wildman–Crippen MR) is 191 cm³/mol. The van der Waals surface area contributed by atoms with Crippen LogP contribution in [0, 0.1) is 11.8 Å². The van der Waals surface area contributed by atoms with Crippen LogP contribution in [0.2, 0.25) is 9.84 Å². The van der Waals surface area contributed by atoms with Gasteiger partial charge in [0.15, 0.2) is 0 Å². The minimum atomic E-state index is -0.815. The van der Waals surface area contributed by atoms with Crippen LogP contribution >= 0.6 is 11.6 Å². The summed E-state index contributed by atoms with van der Waals surface area (Å²) in [7, 11) is 1.47. The van der Waals surface area contributed by atoms with Gasteiger partial charge in [0.2, 0.25) is 0 Å². The molecule has 1 N–H and O–H groups in total. The van der Waals surface area contributed by atoms with E-state index in [9.17, 15) is 9.90 Å². The van der Waals surface area contributed by atoms with Crippen molar-refractivity contribution in [3.8, 4) is 5.75 Å². The number of hydrogen-bond donors (Lipinski definition) is 1. The number of rotatable bonds is 17. The maximum absolute atomic E-state index is 12.6. The normalized spacial score (nSPS) is 27.3. The zero-order chi connectivity index (χ0) is 34.3. The summed E-state index contributed by atoms with van der Waals surface area (Å²) in [5.41, 5.74) is 0. The molecule has 1 aliphatic carbocycles. The summed E-state index contributed by atoms with van der Waals surface area (Å²) in [6.07, 6.45) is 15.8. The van der Waals surface area contributed by atoms with Crippen molar-refractivity contribution in [1.29, 1.82) is 0 Å². The quantitative estimate of drug-likeness (QED) is 0.107. The molecule has 0 aromatic heterocycles. The Kier molecular flexibility index (Phi) is 16.0. The first-order valence-corrected chi connectivity index (χ1v) is 19.9. The summed E-state index contributed by atoms with van der Waals surface area (Å²) in [6, 6.07) is 17.3. The van der Waals surface area contributed by atoms with Crippen molar-refractivity contribution < 1.29 is 38.3 Å². The molecule has 268 valence electrons. The number of allylic oxidation sites excluding steroid dienone is 2. The van der Waals surface area contributed by atoms with Gasteiger partial charge in [-0.1, -0.05) is 17.7 Å². The van der Waals surface area contributed by atoms with Gasteiger partial charge >= 0.3 is 226 Å². The first-order chi connectivity index (χ1) is 24.0. The Bertz CT molecular complexity index is 1310. The van der Waals surface area contributed by atoms with Crippen LogP contribution in [0.5, 0.6) is 5.75 Å². The fraction of sp³-hybridized carbons (Fsp3) is 0.564. The monoisotopic (exact) mass is 762 g/mol. The van der Waals surface area contributed by atoms with Gasteiger partial charge in [0.25, 0.3) is 0 Å². The Hall–Kier alpha value is -2.20. The molecule has 10 heteroatoms. The molecule has 8 atom stereocenters. The third-order valence-electron chi connectivity index (χ3n) is 9.22. The number of aliphatic hydroxyl groups is 1. The Labute approximate surface area is 302 Å². The van der Waals surface area contributed by atoms with E-state index in [-0.39, 0.29) is 69.0 Å². The summed E-state index contributed by atoms with van der Waals surface area (Å²) < 4.78 is 37.5. The molecule has 2 aromatic carbocycles. The average molecular weight is 762 g/mol. The average Bonchev–Trinajstić information content (AvgIpc) is 3.44. The zero-order valence-electron chi connectivity index (χ0n) is 28.4. The predicted octanol–water partition coefficient (Wildman–Crippen LogP) is 6.81. The minimum absolute atomic E-state index is 0.00839. The van der Waals surface area contributed by atoms with Crippen molar-refractivity contribution in [3.63, 3.8) is 0 Å². The van der Waals surface area contributed by atoms with Crippen molar-refractivity contribution in [2.24, 2.45) is 11.8 Å². The number of benzene rings is 2. The third-order valence-corrected chi connectivity index (χ3v) is 12.1. The summed E-state index contributed by atoms with van der Waals surface area (Å²) >= 11 is 6.10.